The summed E-state index contributed by atoms with van der Waals surface area (Å²) < 4.78 is 5.98. The van der Waals surface area contributed by atoms with Crippen molar-refractivity contribution in [2.75, 3.05) is 6.61 Å². The van der Waals surface area contributed by atoms with Crippen molar-refractivity contribution in [1.29, 1.82) is 0 Å². The Morgan fingerprint density at radius 2 is 0.808 bits per heavy atom. The molecule has 0 aromatic heterocycles. The second-order valence-corrected chi connectivity index (χ2v) is 16.5. The standard InChI is InChI=1S/C32H64O2.C16H32O2/c1-6-11-14-15-16-17-18-19-20-21-22-23-24-25-28-32(10-5,27-13-8-3)31(33)34-29-30(9-4)26-12-7-2;1-2-3-4-5-6-7-8-9-10-11-12-13-14-15-16(17)18/h30H,6-29H2,1-5H3;2-15H2,1H3,(H,17,18). The molecule has 0 bridgehead atoms. The zero-order valence-electron chi connectivity index (χ0n) is 36.6. The van der Waals surface area contributed by atoms with Gasteiger partial charge in [0.25, 0.3) is 0 Å². The SMILES string of the molecule is CCCCCCCCCCCCCCCC(=O)O.CCCCCCCCCCCCCCCCC(CC)(CCCC)C(=O)OCC(CC)CCCC. The summed E-state index contributed by atoms with van der Waals surface area (Å²) in [4.78, 5) is 23.5. The van der Waals surface area contributed by atoms with Crippen LogP contribution < -0.4 is 0 Å². The summed E-state index contributed by atoms with van der Waals surface area (Å²) in [6.07, 6.45) is 46.6. The molecular formula is C48H96O4. The zero-order chi connectivity index (χ0) is 38.8. The number of esters is 1. The largest absolute Gasteiger partial charge is 0.481 e. The summed E-state index contributed by atoms with van der Waals surface area (Å²) in [6, 6.07) is 0. The van der Waals surface area contributed by atoms with Crippen LogP contribution in [-0.2, 0) is 14.3 Å². The Hall–Kier alpha value is -1.06. The van der Waals surface area contributed by atoms with Crippen LogP contribution in [0, 0.1) is 11.3 Å². The maximum Gasteiger partial charge on any atom is 0.312 e. The molecule has 0 fully saturated rings. The van der Waals surface area contributed by atoms with E-state index in [0.717, 1.165) is 51.4 Å². The van der Waals surface area contributed by atoms with Crippen molar-refractivity contribution >= 4 is 11.9 Å². The second-order valence-electron chi connectivity index (χ2n) is 16.5. The molecule has 1 N–H and O–H groups in total. The highest BCUT2D eigenvalue weighted by Gasteiger charge is 2.37. The van der Waals surface area contributed by atoms with Crippen LogP contribution in [-0.4, -0.2) is 23.7 Å². The first kappa shape index (κ1) is 53.0. The van der Waals surface area contributed by atoms with Crippen molar-refractivity contribution in [3.05, 3.63) is 0 Å². The summed E-state index contributed by atoms with van der Waals surface area (Å²) in [5, 5.41) is 8.49. The molecule has 4 heteroatoms. The molecule has 0 amide bonds. The summed E-state index contributed by atoms with van der Waals surface area (Å²) >= 11 is 0. The first-order valence-corrected chi connectivity index (χ1v) is 23.8. The normalized spacial score (nSPS) is 13.0. The van der Waals surface area contributed by atoms with Crippen LogP contribution in [0.2, 0.25) is 0 Å². The molecular weight excluding hydrogens is 641 g/mol. The lowest BCUT2D eigenvalue weighted by atomic mass is 9.76. The molecule has 2 atom stereocenters. The zero-order valence-corrected chi connectivity index (χ0v) is 36.6. The van der Waals surface area contributed by atoms with Gasteiger partial charge in [-0.3, -0.25) is 9.59 Å². The van der Waals surface area contributed by atoms with Crippen LogP contribution in [0.4, 0.5) is 0 Å². The van der Waals surface area contributed by atoms with Gasteiger partial charge >= 0.3 is 11.9 Å². The van der Waals surface area contributed by atoms with Crippen LogP contribution >= 0.6 is 0 Å². The molecule has 0 aliphatic carbocycles. The van der Waals surface area contributed by atoms with Gasteiger partial charge in [-0.15, -0.1) is 0 Å². The maximum absolute atomic E-state index is 13.2. The predicted molar refractivity (Wildman–Crippen MR) is 229 cm³/mol. The monoisotopic (exact) mass is 737 g/mol. The smallest absolute Gasteiger partial charge is 0.312 e. The Labute approximate surface area is 327 Å². The minimum absolute atomic E-state index is 0.105. The van der Waals surface area contributed by atoms with E-state index < -0.39 is 5.97 Å². The summed E-state index contributed by atoms with van der Waals surface area (Å²) in [7, 11) is 0. The van der Waals surface area contributed by atoms with E-state index >= 15 is 0 Å². The Kier molecular flexibility index (Phi) is 43.5. The number of carboxylic acid groups (broad SMARTS) is 1. The lowest BCUT2D eigenvalue weighted by Gasteiger charge is -2.31. The Balaban J connectivity index is 0. The third-order valence-electron chi connectivity index (χ3n) is 11.6. The van der Waals surface area contributed by atoms with Gasteiger partial charge in [0.05, 0.1) is 12.0 Å². The molecule has 0 rings (SSSR count). The van der Waals surface area contributed by atoms with Gasteiger partial charge in [-0.1, -0.05) is 241 Å². The first-order chi connectivity index (χ1) is 25.4. The average Bonchev–Trinajstić information content (AvgIpc) is 3.15. The number of ether oxygens (including phenoxy) is 1. The number of hydrogen-bond acceptors (Lipinski definition) is 3. The highest BCUT2D eigenvalue weighted by Crippen LogP contribution is 2.37. The average molecular weight is 737 g/mol. The van der Waals surface area contributed by atoms with E-state index in [1.165, 1.54) is 180 Å². The van der Waals surface area contributed by atoms with Gasteiger partial charge in [-0.2, -0.15) is 0 Å². The lowest BCUT2D eigenvalue weighted by molar-refractivity contribution is -0.159. The van der Waals surface area contributed by atoms with Gasteiger partial charge in [0.1, 0.15) is 0 Å². The van der Waals surface area contributed by atoms with Gasteiger partial charge < -0.3 is 9.84 Å². The van der Waals surface area contributed by atoms with Gasteiger partial charge in [-0.05, 0) is 38.0 Å². The van der Waals surface area contributed by atoms with Crippen molar-refractivity contribution in [3.8, 4) is 0 Å². The Morgan fingerprint density at radius 3 is 1.15 bits per heavy atom. The fourth-order valence-corrected chi connectivity index (χ4v) is 7.54. The van der Waals surface area contributed by atoms with Crippen LogP contribution in [0.3, 0.4) is 0 Å². The molecule has 312 valence electrons. The molecule has 0 heterocycles. The van der Waals surface area contributed by atoms with Crippen LogP contribution in [0.5, 0.6) is 0 Å². The van der Waals surface area contributed by atoms with Gasteiger partial charge in [0.15, 0.2) is 0 Å². The van der Waals surface area contributed by atoms with E-state index in [-0.39, 0.29) is 11.4 Å². The first-order valence-electron chi connectivity index (χ1n) is 23.8. The van der Waals surface area contributed by atoms with Crippen LogP contribution in [0.1, 0.15) is 279 Å². The number of carboxylic acids is 1. The molecule has 0 aliphatic rings. The van der Waals surface area contributed by atoms with Crippen LogP contribution in [0.25, 0.3) is 0 Å². The minimum Gasteiger partial charge on any atom is -0.481 e. The number of hydrogen-bond donors (Lipinski definition) is 1. The quantitative estimate of drug-likeness (QED) is 0.0502. The van der Waals surface area contributed by atoms with Gasteiger partial charge in [0.2, 0.25) is 0 Å². The van der Waals surface area contributed by atoms with E-state index in [1.807, 2.05) is 0 Å². The number of aliphatic carboxylic acids is 1. The molecule has 0 aromatic carbocycles. The van der Waals surface area contributed by atoms with Crippen LogP contribution in [0.15, 0.2) is 0 Å². The van der Waals surface area contributed by atoms with E-state index in [2.05, 4.69) is 41.5 Å². The van der Waals surface area contributed by atoms with E-state index in [1.54, 1.807) is 0 Å². The van der Waals surface area contributed by atoms with Crippen molar-refractivity contribution in [2.24, 2.45) is 11.3 Å². The fourth-order valence-electron chi connectivity index (χ4n) is 7.54. The molecule has 4 nitrogen and oxygen atoms in total. The highest BCUT2D eigenvalue weighted by molar-refractivity contribution is 5.76. The van der Waals surface area contributed by atoms with Crippen molar-refractivity contribution < 1.29 is 19.4 Å². The number of carbonyl (C=O) groups excluding carboxylic acids is 1. The molecule has 2 unspecified atom stereocenters. The predicted octanol–water partition coefficient (Wildman–Crippen LogP) is 16.8. The van der Waals surface area contributed by atoms with E-state index in [0.29, 0.717) is 18.9 Å². The number of unbranched alkanes of at least 4 members (excludes halogenated alkanes) is 27. The minimum atomic E-state index is -0.655. The summed E-state index contributed by atoms with van der Waals surface area (Å²) in [5.74, 6) is -0.0168. The molecule has 0 aromatic rings. The molecule has 0 spiro atoms. The molecule has 0 saturated heterocycles. The van der Waals surface area contributed by atoms with Gasteiger partial charge in [-0.25, -0.2) is 0 Å². The topological polar surface area (TPSA) is 63.6 Å². The lowest BCUT2D eigenvalue weighted by Crippen LogP contribution is -2.34. The summed E-state index contributed by atoms with van der Waals surface area (Å²) in [5.41, 5.74) is -0.240. The Morgan fingerprint density at radius 1 is 0.462 bits per heavy atom. The molecule has 52 heavy (non-hydrogen) atoms. The number of carbonyl (C=O) groups is 2. The second kappa shape index (κ2) is 42.7. The highest BCUT2D eigenvalue weighted by atomic mass is 16.5. The molecule has 0 aliphatic heterocycles. The fraction of sp³-hybridized carbons (Fsp3) is 0.958. The van der Waals surface area contributed by atoms with E-state index in [9.17, 15) is 9.59 Å². The molecule has 0 saturated carbocycles. The Bertz CT molecular complexity index is 721. The third-order valence-corrected chi connectivity index (χ3v) is 11.6. The summed E-state index contributed by atoms with van der Waals surface area (Å²) in [6.45, 7) is 14.1. The van der Waals surface area contributed by atoms with E-state index in [4.69, 9.17) is 9.84 Å². The maximum atomic E-state index is 13.2. The van der Waals surface area contributed by atoms with Crippen molar-refractivity contribution in [2.45, 2.75) is 279 Å². The molecule has 0 radical (unpaired) electrons. The van der Waals surface area contributed by atoms with Crippen molar-refractivity contribution in [1.82, 2.24) is 0 Å². The van der Waals surface area contributed by atoms with Crippen molar-refractivity contribution in [3.63, 3.8) is 0 Å². The van der Waals surface area contributed by atoms with Gasteiger partial charge in [0, 0.05) is 6.42 Å². The third kappa shape index (κ3) is 35.9. The number of rotatable bonds is 40.